The van der Waals surface area contributed by atoms with Crippen molar-refractivity contribution >= 4 is 40.6 Å². The Morgan fingerprint density at radius 1 is 0.923 bits per heavy atom. The molecule has 2 rings (SSSR count). The highest BCUT2D eigenvalue weighted by Gasteiger charge is 2.33. The van der Waals surface area contributed by atoms with Gasteiger partial charge in [-0.25, -0.2) is 4.79 Å². The Morgan fingerprint density at radius 3 is 2.15 bits per heavy atom. The summed E-state index contributed by atoms with van der Waals surface area (Å²) in [7, 11) is 0. The van der Waals surface area contributed by atoms with Crippen LogP contribution in [0.5, 0.6) is 0 Å². The number of carbonyl (C=O) groups is 5. The van der Waals surface area contributed by atoms with Crippen molar-refractivity contribution in [2.45, 2.75) is 77.5 Å². The molecule has 1 aromatic heterocycles. The second kappa shape index (κ2) is 14.3. The number of nitrogens with two attached hydrogens (primary N) is 1. The second-order valence-corrected chi connectivity index (χ2v) is 10.2. The molecule has 0 aliphatic rings. The molecule has 5 atom stereocenters. The summed E-state index contributed by atoms with van der Waals surface area (Å²) in [5.41, 5.74) is 7.26. The fourth-order valence-corrected chi connectivity index (χ4v) is 4.20. The Kier molecular flexibility index (Phi) is 11.5. The molecule has 39 heavy (non-hydrogen) atoms. The van der Waals surface area contributed by atoms with Gasteiger partial charge in [-0.2, -0.15) is 0 Å². The summed E-state index contributed by atoms with van der Waals surface area (Å²) >= 11 is 0. The van der Waals surface area contributed by atoms with Crippen LogP contribution < -0.4 is 21.7 Å². The van der Waals surface area contributed by atoms with E-state index in [1.807, 2.05) is 45.0 Å². The fraction of sp³-hybridized carbons (Fsp3) is 0.519. The number of H-pyrrole nitrogens is 1. The Morgan fingerprint density at radius 2 is 1.56 bits per heavy atom. The van der Waals surface area contributed by atoms with E-state index in [2.05, 4.69) is 20.9 Å². The van der Waals surface area contributed by atoms with E-state index in [0.29, 0.717) is 12.0 Å². The highest BCUT2D eigenvalue weighted by atomic mass is 16.4. The number of benzene rings is 1. The number of aliphatic carboxylic acids is 2. The molecule has 12 nitrogen and oxygen atoms in total. The normalized spacial score (nSPS) is 15.1. The topological polar surface area (TPSA) is 204 Å². The maximum absolute atomic E-state index is 13.5. The van der Waals surface area contributed by atoms with Gasteiger partial charge in [0.1, 0.15) is 18.1 Å². The third-order valence-electron chi connectivity index (χ3n) is 6.58. The van der Waals surface area contributed by atoms with Gasteiger partial charge in [0.25, 0.3) is 0 Å². The molecule has 1 heterocycles. The van der Waals surface area contributed by atoms with Crippen LogP contribution in [-0.2, 0) is 30.4 Å². The minimum atomic E-state index is -1.39. The lowest BCUT2D eigenvalue weighted by molar-refractivity contribution is -0.143. The van der Waals surface area contributed by atoms with Crippen LogP contribution in [0.2, 0.25) is 0 Å². The van der Waals surface area contributed by atoms with E-state index >= 15 is 0 Å². The number of carboxylic acid groups (broad SMARTS) is 2. The van der Waals surface area contributed by atoms with Gasteiger partial charge in [-0.05, 0) is 29.9 Å². The van der Waals surface area contributed by atoms with Gasteiger partial charge >= 0.3 is 11.9 Å². The van der Waals surface area contributed by atoms with E-state index in [1.54, 1.807) is 13.1 Å². The molecule has 12 heteroatoms. The Bertz CT molecular complexity index is 1180. The number of rotatable bonds is 15. The summed E-state index contributed by atoms with van der Waals surface area (Å²) in [6, 6.07) is 2.60. The molecule has 0 radical (unpaired) electrons. The standard InChI is InChI=1S/C27H39N5O7/c1-5-15(4)23(26(37)31-21(27(38)39)10-14(2)3)32-25(36)20(30-24(35)18(28)12-22(33)34)11-16-13-29-19-9-7-6-8-17(16)19/h6-9,13-15,18,20-21,23,29H,5,10-12,28H2,1-4H3,(H,30,35)(H,31,37)(H,32,36)(H,33,34)(H,38,39). The molecular weight excluding hydrogens is 506 g/mol. The summed E-state index contributed by atoms with van der Waals surface area (Å²) in [4.78, 5) is 65.2. The number of carbonyl (C=O) groups excluding carboxylic acids is 3. The number of aromatic amines is 1. The van der Waals surface area contributed by atoms with E-state index < -0.39 is 60.2 Å². The molecule has 214 valence electrons. The molecule has 0 saturated heterocycles. The van der Waals surface area contributed by atoms with Gasteiger partial charge in [0, 0.05) is 23.5 Å². The van der Waals surface area contributed by atoms with Crippen LogP contribution in [-0.4, -0.2) is 69.0 Å². The average Bonchev–Trinajstić information content (AvgIpc) is 3.27. The van der Waals surface area contributed by atoms with E-state index in [0.717, 1.165) is 10.9 Å². The van der Waals surface area contributed by atoms with E-state index in [9.17, 15) is 29.1 Å². The zero-order chi connectivity index (χ0) is 29.3. The minimum absolute atomic E-state index is 0.00816. The number of fused-ring (bicyclic) bond motifs is 1. The Labute approximate surface area is 227 Å². The summed E-state index contributed by atoms with van der Waals surface area (Å²) in [6.45, 7) is 7.25. The lowest BCUT2D eigenvalue weighted by Gasteiger charge is -2.28. The highest BCUT2D eigenvalue weighted by Crippen LogP contribution is 2.20. The van der Waals surface area contributed by atoms with Crippen LogP contribution >= 0.6 is 0 Å². The van der Waals surface area contributed by atoms with Gasteiger partial charge < -0.3 is 36.9 Å². The third-order valence-corrected chi connectivity index (χ3v) is 6.58. The number of hydrogen-bond acceptors (Lipinski definition) is 6. The Balaban J connectivity index is 2.32. The van der Waals surface area contributed by atoms with Crippen molar-refractivity contribution in [3.8, 4) is 0 Å². The van der Waals surface area contributed by atoms with Crippen molar-refractivity contribution in [2.24, 2.45) is 17.6 Å². The predicted molar refractivity (Wildman–Crippen MR) is 145 cm³/mol. The molecule has 0 saturated carbocycles. The Hall–Kier alpha value is -3.93. The third kappa shape index (κ3) is 9.10. The van der Waals surface area contributed by atoms with Crippen molar-refractivity contribution < 1.29 is 34.2 Å². The number of nitrogens with one attached hydrogen (secondary N) is 4. The predicted octanol–water partition coefficient (Wildman–Crippen LogP) is 1.14. The van der Waals surface area contributed by atoms with Gasteiger partial charge in [0.15, 0.2) is 0 Å². The average molecular weight is 546 g/mol. The molecule has 0 spiro atoms. The van der Waals surface area contributed by atoms with Crippen molar-refractivity contribution in [1.29, 1.82) is 0 Å². The van der Waals surface area contributed by atoms with E-state index in [-0.39, 0.29) is 24.7 Å². The molecule has 1 aromatic carbocycles. The van der Waals surface area contributed by atoms with Crippen molar-refractivity contribution in [3.63, 3.8) is 0 Å². The smallest absolute Gasteiger partial charge is 0.326 e. The van der Waals surface area contributed by atoms with Crippen LogP contribution in [0.15, 0.2) is 30.5 Å². The van der Waals surface area contributed by atoms with Gasteiger partial charge in [-0.1, -0.05) is 52.3 Å². The highest BCUT2D eigenvalue weighted by molar-refractivity contribution is 5.95. The lowest BCUT2D eigenvalue weighted by Crippen LogP contribution is -2.59. The largest absolute Gasteiger partial charge is 0.481 e. The zero-order valence-electron chi connectivity index (χ0n) is 22.7. The quantitative estimate of drug-likeness (QED) is 0.172. The summed E-state index contributed by atoms with van der Waals surface area (Å²) in [5, 5.41) is 27.1. The molecule has 0 bridgehead atoms. The first-order valence-electron chi connectivity index (χ1n) is 13.0. The van der Waals surface area contributed by atoms with E-state index in [1.165, 1.54) is 0 Å². The molecule has 3 amide bonds. The maximum Gasteiger partial charge on any atom is 0.326 e. The SMILES string of the molecule is CCC(C)C(NC(=O)C(Cc1c[nH]c2ccccc12)NC(=O)C(N)CC(=O)O)C(=O)NC(CC(C)C)C(=O)O. The van der Waals surface area contributed by atoms with Gasteiger partial charge in [-0.15, -0.1) is 0 Å². The summed E-state index contributed by atoms with van der Waals surface area (Å²) < 4.78 is 0. The van der Waals surface area contributed by atoms with Crippen LogP contribution in [0.1, 0.15) is 52.5 Å². The van der Waals surface area contributed by atoms with Crippen LogP contribution in [0.3, 0.4) is 0 Å². The first-order valence-corrected chi connectivity index (χ1v) is 13.0. The van der Waals surface area contributed by atoms with Crippen LogP contribution in [0, 0.1) is 11.8 Å². The molecule has 8 N–H and O–H groups in total. The van der Waals surface area contributed by atoms with Crippen LogP contribution in [0.25, 0.3) is 10.9 Å². The van der Waals surface area contributed by atoms with Crippen molar-refractivity contribution in [1.82, 2.24) is 20.9 Å². The molecule has 0 aliphatic heterocycles. The van der Waals surface area contributed by atoms with Crippen molar-refractivity contribution in [3.05, 3.63) is 36.0 Å². The molecular formula is C27H39N5O7. The second-order valence-electron chi connectivity index (χ2n) is 10.2. The number of carboxylic acids is 2. The van der Waals surface area contributed by atoms with Crippen LogP contribution in [0.4, 0.5) is 0 Å². The monoisotopic (exact) mass is 545 g/mol. The van der Waals surface area contributed by atoms with Gasteiger partial charge in [0.2, 0.25) is 17.7 Å². The first-order chi connectivity index (χ1) is 18.3. The number of amides is 3. The minimum Gasteiger partial charge on any atom is -0.481 e. The number of hydrogen-bond donors (Lipinski definition) is 7. The van der Waals surface area contributed by atoms with Crippen molar-refractivity contribution in [2.75, 3.05) is 0 Å². The lowest BCUT2D eigenvalue weighted by atomic mass is 9.96. The molecule has 5 unspecified atom stereocenters. The zero-order valence-corrected chi connectivity index (χ0v) is 22.7. The van der Waals surface area contributed by atoms with Gasteiger partial charge in [-0.3, -0.25) is 19.2 Å². The van der Waals surface area contributed by atoms with E-state index in [4.69, 9.17) is 10.8 Å². The molecule has 0 aliphatic carbocycles. The molecule has 2 aromatic rings. The maximum atomic E-state index is 13.5. The van der Waals surface area contributed by atoms with Gasteiger partial charge in [0.05, 0.1) is 12.5 Å². The summed E-state index contributed by atoms with van der Waals surface area (Å²) in [5.74, 6) is -4.96. The fourth-order valence-electron chi connectivity index (χ4n) is 4.20. The number of para-hydroxylation sites is 1. The summed E-state index contributed by atoms with van der Waals surface area (Å²) in [6.07, 6.45) is 1.82. The first kappa shape index (κ1) is 31.3. The number of aromatic nitrogens is 1. The molecule has 0 fully saturated rings.